The van der Waals surface area contributed by atoms with Crippen molar-refractivity contribution < 1.29 is 13.2 Å². The van der Waals surface area contributed by atoms with Gasteiger partial charge in [-0.1, -0.05) is 30.3 Å². The third-order valence-electron chi connectivity index (χ3n) is 4.07. The zero-order valence-corrected chi connectivity index (χ0v) is 13.5. The van der Waals surface area contributed by atoms with Gasteiger partial charge < -0.3 is 4.90 Å². The molecule has 1 aliphatic rings. The molecule has 6 nitrogen and oxygen atoms in total. The van der Waals surface area contributed by atoms with Crippen LogP contribution < -0.4 is 0 Å². The zero-order valence-electron chi connectivity index (χ0n) is 12.7. The maximum atomic E-state index is 12.8. The van der Waals surface area contributed by atoms with Crippen molar-refractivity contribution in [2.24, 2.45) is 0 Å². The first-order valence-electron chi connectivity index (χ1n) is 7.31. The molecule has 1 amide bonds. The van der Waals surface area contributed by atoms with Gasteiger partial charge in [-0.15, -0.1) is 0 Å². The summed E-state index contributed by atoms with van der Waals surface area (Å²) in [6, 6.07) is 9.09. The van der Waals surface area contributed by atoms with Crippen LogP contribution in [0, 0.1) is 0 Å². The molecule has 3 rings (SSSR count). The maximum Gasteiger partial charge on any atom is 0.257 e. The van der Waals surface area contributed by atoms with Gasteiger partial charge in [0.25, 0.3) is 5.91 Å². The van der Waals surface area contributed by atoms with E-state index in [0.717, 1.165) is 5.56 Å². The standard InChI is InChI=1S/C16H17N3O3S/c1-19(13-7-8-23(21,22)10-13)16(20)14-9-17-11-18-15(14)12-5-3-2-4-6-12/h2-6,9,11,13H,7-8,10H2,1H3. The number of carbonyl (C=O) groups is 1. The molecule has 0 bridgehead atoms. The van der Waals surface area contributed by atoms with Crippen LogP contribution in [0.1, 0.15) is 16.8 Å². The predicted octanol–water partition coefficient (Wildman–Crippen LogP) is 1.40. The Morgan fingerprint density at radius 1 is 1.26 bits per heavy atom. The molecule has 0 radical (unpaired) electrons. The Morgan fingerprint density at radius 3 is 2.65 bits per heavy atom. The summed E-state index contributed by atoms with van der Waals surface area (Å²) in [4.78, 5) is 22.5. The van der Waals surface area contributed by atoms with Gasteiger partial charge in [0, 0.05) is 24.8 Å². The summed E-state index contributed by atoms with van der Waals surface area (Å²) in [5, 5.41) is 0. The fourth-order valence-corrected chi connectivity index (χ4v) is 4.52. The van der Waals surface area contributed by atoms with E-state index >= 15 is 0 Å². The number of benzene rings is 1. The lowest BCUT2D eigenvalue weighted by atomic mass is 10.1. The highest BCUT2D eigenvalue weighted by atomic mass is 32.2. The normalized spacial score (nSPS) is 19.4. The van der Waals surface area contributed by atoms with Crippen molar-refractivity contribution in [1.29, 1.82) is 0 Å². The molecule has 7 heteroatoms. The van der Waals surface area contributed by atoms with E-state index in [1.54, 1.807) is 7.05 Å². The third kappa shape index (κ3) is 3.24. The molecule has 0 spiro atoms. The molecule has 1 unspecified atom stereocenters. The van der Waals surface area contributed by atoms with E-state index in [9.17, 15) is 13.2 Å². The number of nitrogens with zero attached hydrogens (tertiary/aromatic N) is 3. The molecule has 1 aromatic heterocycles. The van der Waals surface area contributed by atoms with Gasteiger partial charge in [0.1, 0.15) is 6.33 Å². The van der Waals surface area contributed by atoms with E-state index < -0.39 is 9.84 Å². The van der Waals surface area contributed by atoms with Crippen LogP contribution in [-0.2, 0) is 9.84 Å². The Hall–Kier alpha value is -2.28. The minimum absolute atomic E-state index is 0.0175. The second-order valence-electron chi connectivity index (χ2n) is 5.62. The third-order valence-corrected chi connectivity index (χ3v) is 5.82. The lowest BCUT2D eigenvalue weighted by Gasteiger charge is -2.24. The molecule has 0 saturated carbocycles. The summed E-state index contributed by atoms with van der Waals surface area (Å²) in [5.74, 6) is -0.109. The monoisotopic (exact) mass is 331 g/mol. The van der Waals surface area contributed by atoms with E-state index in [-0.39, 0.29) is 23.5 Å². The minimum atomic E-state index is -3.04. The summed E-state index contributed by atoms with van der Waals surface area (Å²) in [7, 11) is -1.41. The molecule has 0 N–H and O–H groups in total. The number of sulfone groups is 1. The molecule has 1 fully saturated rings. The number of hydrogen-bond acceptors (Lipinski definition) is 5. The average Bonchev–Trinajstić information content (AvgIpc) is 2.94. The molecule has 23 heavy (non-hydrogen) atoms. The van der Waals surface area contributed by atoms with Crippen molar-refractivity contribution in [2.75, 3.05) is 18.6 Å². The van der Waals surface area contributed by atoms with Crippen molar-refractivity contribution in [2.45, 2.75) is 12.5 Å². The fourth-order valence-electron chi connectivity index (χ4n) is 2.75. The molecule has 2 aromatic rings. The van der Waals surface area contributed by atoms with Crippen molar-refractivity contribution in [3.05, 3.63) is 48.4 Å². The largest absolute Gasteiger partial charge is 0.338 e. The summed E-state index contributed by atoms with van der Waals surface area (Å²) in [6.45, 7) is 0. The van der Waals surface area contributed by atoms with Crippen LogP contribution in [-0.4, -0.2) is 53.8 Å². The van der Waals surface area contributed by atoms with Crippen LogP contribution in [0.25, 0.3) is 11.3 Å². The van der Waals surface area contributed by atoms with Gasteiger partial charge in [-0.3, -0.25) is 4.79 Å². The van der Waals surface area contributed by atoms with E-state index in [4.69, 9.17) is 0 Å². The Bertz CT molecular complexity index is 821. The predicted molar refractivity (Wildman–Crippen MR) is 86.6 cm³/mol. The van der Waals surface area contributed by atoms with E-state index in [1.165, 1.54) is 17.4 Å². The molecular formula is C16H17N3O3S. The number of amides is 1. The molecule has 120 valence electrons. The van der Waals surface area contributed by atoms with Crippen molar-refractivity contribution >= 4 is 15.7 Å². The van der Waals surface area contributed by atoms with Crippen LogP contribution in [0.3, 0.4) is 0 Å². The lowest BCUT2D eigenvalue weighted by molar-refractivity contribution is 0.0747. The molecule has 0 aliphatic carbocycles. The number of rotatable bonds is 3. The Balaban J connectivity index is 1.92. The lowest BCUT2D eigenvalue weighted by Crippen LogP contribution is -2.38. The molecule has 1 aromatic carbocycles. The Labute approximate surface area is 135 Å². The van der Waals surface area contributed by atoms with E-state index in [1.807, 2.05) is 30.3 Å². The smallest absolute Gasteiger partial charge is 0.257 e. The summed E-state index contributed by atoms with van der Waals surface area (Å²) >= 11 is 0. The summed E-state index contributed by atoms with van der Waals surface area (Å²) in [6.07, 6.45) is 3.36. The van der Waals surface area contributed by atoms with Crippen LogP contribution in [0.5, 0.6) is 0 Å². The highest BCUT2D eigenvalue weighted by Crippen LogP contribution is 2.24. The van der Waals surface area contributed by atoms with E-state index in [0.29, 0.717) is 17.7 Å². The minimum Gasteiger partial charge on any atom is -0.338 e. The molecular weight excluding hydrogens is 314 g/mol. The van der Waals surface area contributed by atoms with Crippen LogP contribution >= 0.6 is 0 Å². The second kappa shape index (κ2) is 6.08. The van der Waals surface area contributed by atoms with Gasteiger partial charge in [-0.2, -0.15) is 0 Å². The van der Waals surface area contributed by atoms with Crippen LogP contribution in [0.15, 0.2) is 42.9 Å². The van der Waals surface area contributed by atoms with E-state index in [2.05, 4.69) is 9.97 Å². The van der Waals surface area contributed by atoms with Gasteiger partial charge in [-0.05, 0) is 6.42 Å². The first-order valence-corrected chi connectivity index (χ1v) is 9.13. The van der Waals surface area contributed by atoms with Crippen molar-refractivity contribution in [3.63, 3.8) is 0 Å². The number of hydrogen-bond donors (Lipinski definition) is 0. The zero-order chi connectivity index (χ0) is 16.4. The van der Waals surface area contributed by atoms with Crippen LogP contribution in [0.2, 0.25) is 0 Å². The molecule has 1 saturated heterocycles. The SMILES string of the molecule is CN(C(=O)c1cncnc1-c1ccccc1)C1CCS(=O)(=O)C1. The number of aromatic nitrogens is 2. The topological polar surface area (TPSA) is 80.2 Å². The second-order valence-corrected chi connectivity index (χ2v) is 7.85. The highest BCUT2D eigenvalue weighted by Gasteiger charge is 2.33. The van der Waals surface area contributed by atoms with Crippen LogP contribution in [0.4, 0.5) is 0 Å². The van der Waals surface area contributed by atoms with Gasteiger partial charge in [0.15, 0.2) is 9.84 Å². The summed E-state index contributed by atoms with van der Waals surface area (Å²) in [5.41, 5.74) is 1.76. The van der Waals surface area contributed by atoms with Gasteiger partial charge in [-0.25, -0.2) is 18.4 Å². The first kappa shape index (κ1) is 15.6. The molecule has 2 heterocycles. The van der Waals surface area contributed by atoms with Gasteiger partial charge >= 0.3 is 0 Å². The Morgan fingerprint density at radius 2 is 2.00 bits per heavy atom. The maximum absolute atomic E-state index is 12.8. The summed E-state index contributed by atoms with van der Waals surface area (Å²) < 4.78 is 23.3. The molecule has 1 atom stereocenters. The quantitative estimate of drug-likeness (QED) is 0.849. The first-order chi connectivity index (χ1) is 11.0. The Kier molecular flexibility index (Phi) is 4.12. The molecule has 1 aliphatic heterocycles. The van der Waals surface area contributed by atoms with Crippen molar-refractivity contribution in [1.82, 2.24) is 14.9 Å². The van der Waals surface area contributed by atoms with Gasteiger partial charge in [0.2, 0.25) is 0 Å². The van der Waals surface area contributed by atoms with Gasteiger partial charge in [0.05, 0.1) is 22.8 Å². The number of carbonyl (C=O) groups excluding carboxylic acids is 1. The highest BCUT2D eigenvalue weighted by molar-refractivity contribution is 7.91. The fraction of sp³-hybridized carbons (Fsp3) is 0.312. The van der Waals surface area contributed by atoms with Crippen molar-refractivity contribution in [3.8, 4) is 11.3 Å². The average molecular weight is 331 g/mol.